The Labute approximate surface area is 158 Å². The summed E-state index contributed by atoms with van der Waals surface area (Å²) in [5.74, 6) is -7.96. The lowest BCUT2D eigenvalue weighted by molar-refractivity contribution is 0.0107. The summed E-state index contributed by atoms with van der Waals surface area (Å²) in [4.78, 5) is 0. The Morgan fingerprint density at radius 3 is 3.09 bits per heavy atom. The molecule has 1 heterocycles. The Balaban J connectivity index is 2.56. The van der Waals surface area contributed by atoms with Gasteiger partial charge in [-0.15, -0.1) is 0 Å². The average molecular weight is 328 g/mol. The van der Waals surface area contributed by atoms with Crippen LogP contribution in [0.1, 0.15) is 94.4 Å². The summed E-state index contributed by atoms with van der Waals surface area (Å²) in [7, 11) is 0. The maximum Gasteiger partial charge on any atom is 0.127 e. The van der Waals surface area contributed by atoms with Crippen LogP contribution in [0.3, 0.4) is 0 Å². The zero-order valence-corrected chi connectivity index (χ0v) is 13.3. The molecule has 2 aliphatic rings. The number of hydrogen-bond donors (Lipinski definition) is 1. The predicted molar refractivity (Wildman–Crippen MR) is 95.3 cm³/mol. The fourth-order valence-corrected chi connectivity index (χ4v) is 2.78. The molecule has 1 aromatic rings. The fourth-order valence-electron chi connectivity index (χ4n) is 2.78. The summed E-state index contributed by atoms with van der Waals surface area (Å²) in [6, 6.07) is 1.27. The van der Waals surface area contributed by atoms with Gasteiger partial charge in [0.15, 0.2) is 0 Å². The van der Waals surface area contributed by atoms with E-state index in [1.165, 1.54) is 6.92 Å². The maximum atomic E-state index is 11.0. The van der Waals surface area contributed by atoms with E-state index in [-0.39, 0.29) is 17.6 Å². The highest BCUT2D eigenvalue weighted by Crippen LogP contribution is 2.53. The molecule has 1 aliphatic carbocycles. The number of allylic oxidation sites excluding steroid dienone is 2. The van der Waals surface area contributed by atoms with Crippen molar-refractivity contribution < 1.29 is 27.7 Å². The van der Waals surface area contributed by atoms with Gasteiger partial charge in [-0.2, -0.15) is 0 Å². The molecule has 0 saturated carbocycles. The topological polar surface area (TPSA) is 29.5 Å². The number of fused-ring (bicyclic) bond motifs is 3. The number of aromatic hydroxyl groups is 1. The van der Waals surface area contributed by atoms with Gasteiger partial charge >= 0.3 is 0 Å². The van der Waals surface area contributed by atoms with E-state index in [2.05, 4.69) is 0 Å². The molecule has 1 aromatic carbocycles. The number of aryl methyl sites for hydroxylation is 1. The SMILES string of the molecule is [2H]C1=C(C)CC([2H])([2H])[C@@]2([2H])C(C([2H])([2H])[2H])(C([2H])([2H])[2H])Oc3cc(C([2H])([2H])CCCC)cc(O)c3[C@]12[2H]. The first kappa shape index (κ1) is 6.82. The van der Waals surface area contributed by atoms with Crippen molar-refractivity contribution in [3.63, 3.8) is 0 Å². The first-order chi connectivity index (χ1) is 16.1. The number of rotatable bonds is 4. The molecule has 0 saturated heterocycles. The molecule has 0 fully saturated rings. The second kappa shape index (κ2) is 6.22. The molecule has 2 heteroatoms. The first-order valence-corrected chi connectivity index (χ1v) is 7.80. The van der Waals surface area contributed by atoms with E-state index in [9.17, 15) is 7.85 Å². The Morgan fingerprint density at radius 1 is 1.52 bits per heavy atom. The molecule has 0 aromatic heterocycles. The minimum atomic E-state index is -3.70. The molecule has 0 radical (unpaired) electrons. The Hall–Kier alpha value is -1.44. The third-order valence-corrected chi connectivity index (χ3v) is 3.92. The van der Waals surface area contributed by atoms with Gasteiger partial charge in [-0.05, 0) is 63.9 Å². The van der Waals surface area contributed by atoms with Gasteiger partial charge in [0.05, 0.1) is 1.37 Å². The number of hydrogen-bond acceptors (Lipinski definition) is 2. The molecule has 0 bridgehead atoms. The van der Waals surface area contributed by atoms with E-state index in [0.29, 0.717) is 12.8 Å². The molecule has 1 aliphatic heterocycles. The van der Waals surface area contributed by atoms with E-state index < -0.39 is 73.4 Å². The molecule has 0 amide bonds. The van der Waals surface area contributed by atoms with Crippen molar-refractivity contribution in [1.82, 2.24) is 0 Å². The van der Waals surface area contributed by atoms with Crippen LogP contribution in [0.15, 0.2) is 23.8 Å². The largest absolute Gasteiger partial charge is 0.507 e. The number of phenolic OH excluding ortho intramolecular Hbond substituents is 1. The van der Waals surface area contributed by atoms with Crippen molar-refractivity contribution in [2.75, 3.05) is 0 Å². The van der Waals surface area contributed by atoms with Crippen LogP contribution in [-0.4, -0.2) is 10.7 Å². The summed E-state index contributed by atoms with van der Waals surface area (Å²) in [5, 5.41) is 11.0. The van der Waals surface area contributed by atoms with Gasteiger partial charge in [0, 0.05) is 33.8 Å². The van der Waals surface area contributed by atoms with E-state index >= 15 is 0 Å². The Bertz CT molecular complexity index is 1070. The molecule has 126 valence electrons. The van der Waals surface area contributed by atoms with Crippen molar-refractivity contribution in [2.24, 2.45) is 5.89 Å². The Morgan fingerprint density at radius 2 is 2.35 bits per heavy atom. The van der Waals surface area contributed by atoms with Crippen molar-refractivity contribution in [3.8, 4) is 11.5 Å². The molecular formula is C21H30O2. The number of phenols is 1. The molecule has 0 spiro atoms. The van der Waals surface area contributed by atoms with Crippen LogP contribution in [0, 0.1) is 5.89 Å². The monoisotopic (exact) mass is 327 g/mol. The summed E-state index contributed by atoms with van der Waals surface area (Å²) >= 11 is 0. The average Bonchev–Trinajstić information content (AvgIpc) is 2.70. The van der Waals surface area contributed by atoms with Gasteiger partial charge in [-0.3, -0.25) is 0 Å². The molecule has 2 atom stereocenters. The number of ether oxygens (including phenoxy) is 1. The lowest BCUT2D eigenvalue weighted by Crippen LogP contribution is -2.45. The van der Waals surface area contributed by atoms with Crippen molar-refractivity contribution in [2.45, 2.75) is 77.5 Å². The quantitative estimate of drug-likeness (QED) is 0.715. The smallest absolute Gasteiger partial charge is 0.127 e. The van der Waals surface area contributed by atoms with E-state index in [1.54, 1.807) is 0 Å². The first-order valence-electron chi connectivity index (χ1n) is 14.3. The molecule has 3 rings (SSSR count). The standard InChI is InChI=1S/C21H30O2/c1-5-6-7-8-15-12-18(22)20-16-11-14(2)9-10-17(16)21(3,4)23-19(20)13-15/h11-13,16-17,22H,5-10H2,1-4H3/t16-,17-/m1/s1/i3D3,4D3,8D2,10D2,11D,16D,17D. The number of benzene rings is 1. The van der Waals surface area contributed by atoms with Crippen LogP contribution in [0.5, 0.6) is 11.5 Å². The molecular weight excluding hydrogens is 284 g/mol. The highest BCUT2D eigenvalue weighted by atomic mass is 16.5. The predicted octanol–water partition coefficient (Wildman–Crippen LogP) is 5.74. The van der Waals surface area contributed by atoms with Crippen molar-refractivity contribution in [3.05, 3.63) is 34.9 Å². The zero-order valence-electron chi connectivity index (χ0n) is 26.3. The summed E-state index contributed by atoms with van der Waals surface area (Å²) in [6.45, 7) is -4.22. The Kier molecular flexibility index (Phi) is 1.84. The van der Waals surface area contributed by atoms with E-state index in [4.69, 9.17) is 19.8 Å². The summed E-state index contributed by atoms with van der Waals surface area (Å²) in [6.07, 6.45) is -4.59. The van der Waals surface area contributed by atoms with E-state index in [1.807, 2.05) is 6.92 Å². The maximum absolute atomic E-state index is 11.0. The highest BCUT2D eigenvalue weighted by Gasteiger charge is 2.45. The van der Waals surface area contributed by atoms with Crippen LogP contribution < -0.4 is 4.74 Å². The third-order valence-electron chi connectivity index (χ3n) is 3.92. The van der Waals surface area contributed by atoms with Gasteiger partial charge in [0.2, 0.25) is 0 Å². The zero-order chi connectivity index (χ0) is 27.9. The lowest BCUT2D eigenvalue weighted by Gasteiger charge is -2.46. The normalized spacial score (nSPS) is 44.2. The van der Waals surface area contributed by atoms with Crippen LogP contribution >= 0.6 is 0 Å². The van der Waals surface area contributed by atoms with Crippen LogP contribution in [0.2, 0.25) is 0 Å². The van der Waals surface area contributed by atoms with Gasteiger partial charge in [-0.1, -0.05) is 31.4 Å². The van der Waals surface area contributed by atoms with Crippen LogP contribution in [0.4, 0.5) is 0 Å². The second-order valence-corrected chi connectivity index (χ2v) is 5.94. The molecule has 2 nitrogen and oxygen atoms in total. The van der Waals surface area contributed by atoms with Gasteiger partial charge in [-0.25, -0.2) is 0 Å². The van der Waals surface area contributed by atoms with Crippen LogP contribution in [0.25, 0.3) is 0 Å². The molecule has 0 unspecified atom stereocenters. The van der Waals surface area contributed by atoms with Gasteiger partial charge < -0.3 is 9.84 Å². The van der Waals surface area contributed by atoms with Crippen LogP contribution in [-0.2, 0) is 6.37 Å². The minimum Gasteiger partial charge on any atom is -0.507 e. The molecule has 23 heavy (non-hydrogen) atoms. The van der Waals surface area contributed by atoms with Gasteiger partial charge in [0.25, 0.3) is 0 Å². The van der Waals surface area contributed by atoms with Crippen molar-refractivity contribution in [1.29, 1.82) is 0 Å². The highest BCUT2D eigenvalue weighted by molar-refractivity contribution is 5.53. The minimum absolute atomic E-state index is 0.0162. The van der Waals surface area contributed by atoms with E-state index in [0.717, 1.165) is 12.1 Å². The third kappa shape index (κ3) is 3.13. The van der Waals surface area contributed by atoms with Crippen molar-refractivity contribution >= 4 is 0 Å². The van der Waals surface area contributed by atoms with Gasteiger partial charge in [0.1, 0.15) is 17.1 Å². The summed E-state index contributed by atoms with van der Waals surface area (Å²) < 4.78 is 116. The molecule has 1 N–H and O–H groups in total. The lowest BCUT2D eigenvalue weighted by atomic mass is 9.68. The number of unbranched alkanes of at least 4 members (excludes halogenated alkanes) is 1. The summed E-state index contributed by atoms with van der Waals surface area (Å²) in [5.41, 5.74) is -4.45. The second-order valence-electron chi connectivity index (χ2n) is 5.94. The fraction of sp³-hybridized carbons (Fsp3) is 0.619.